The van der Waals surface area contributed by atoms with Gasteiger partial charge < -0.3 is 14.6 Å². The van der Waals surface area contributed by atoms with E-state index in [1.165, 1.54) is 5.70 Å². The van der Waals surface area contributed by atoms with Crippen molar-refractivity contribution in [3.05, 3.63) is 52.8 Å². The Hall–Kier alpha value is -2.01. The van der Waals surface area contributed by atoms with Gasteiger partial charge in [0.25, 0.3) is 0 Å². The molecule has 1 aromatic heterocycles. The molecule has 0 aliphatic heterocycles. The minimum Gasteiger partial charge on any atom is -0.485 e. The van der Waals surface area contributed by atoms with Gasteiger partial charge in [0.15, 0.2) is 6.61 Å². The van der Waals surface area contributed by atoms with Gasteiger partial charge in [-0.15, -0.1) is 0 Å². The number of aromatic nitrogens is 2. The van der Waals surface area contributed by atoms with Crippen molar-refractivity contribution < 1.29 is 9.26 Å². The number of rotatable bonds is 5. The summed E-state index contributed by atoms with van der Waals surface area (Å²) >= 11 is 5.82. The van der Waals surface area contributed by atoms with E-state index in [2.05, 4.69) is 28.5 Å². The molecule has 21 heavy (non-hydrogen) atoms. The molecule has 0 saturated carbocycles. The van der Waals surface area contributed by atoms with E-state index in [0.29, 0.717) is 16.7 Å². The summed E-state index contributed by atoms with van der Waals surface area (Å²) in [6.45, 7) is 2.34. The second-order valence-corrected chi connectivity index (χ2v) is 5.71. The van der Waals surface area contributed by atoms with E-state index in [4.69, 9.17) is 20.9 Å². The summed E-state index contributed by atoms with van der Waals surface area (Å²) < 4.78 is 10.9. The van der Waals surface area contributed by atoms with Crippen LogP contribution in [0, 0.1) is 0 Å². The van der Waals surface area contributed by atoms with Gasteiger partial charge in [0.05, 0.1) is 5.41 Å². The Morgan fingerprint density at radius 1 is 1.38 bits per heavy atom. The minimum atomic E-state index is -0.177. The molecule has 0 amide bonds. The smallest absolute Gasteiger partial charge is 0.236 e. The molecule has 110 valence electrons. The minimum absolute atomic E-state index is 0.177. The summed E-state index contributed by atoms with van der Waals surface area (Å²) in [7, 11) is 1.91. The van der Waals surface area contributed by atoms with Crippen LogP contribution in [0.15, 0.2) is 40.6 Å². The molecule has 5 nitrogen and oxygen atoms in total. The first-order chi connectivity index (χ1) is 10.1. The lowest BCUT2D eigenvalue weighted by Crippen LogP contribution is -2.33. The van der Waals surface area contributed by atoms with E-state index in [1.54, 1.807) is 24.3 Å². The van der Waals surface area contributed by atoms with Crippen LogP contribution < -0.4 is 10.1 Å². The molecular formula is C15H16ClN3O2. The van der Waals surface area contributed by atoms with E-state index in [1.807, 2.05) is 7.05 Å². The predicted octanol–water partition coefficient (Wildman–Crippen LogP) is 3.07. The number of halogens is 1. The van der Waals surface area contributed by atoms with Gasteiger partial charge in [-0.2, -0.15) is 4.98 Å². The molecule has 0 radical (unpaired) electrons. The van der Waals surface area contributed by atoms with Crippen LogP contribution in [0.1, 0.15) is 25.1 Å². The average Bonchev–Trinajstić information content (AvgIpc) is 2.92. The van der Waals surface area contributed by atoms with Crippen LogP contribution in [0.5, 0.6) is 5.75 Å². The van der Waals surface area contributed by atoms with Gasteiger partial charge >= 0.3 is 0 Å². The molecule has 1 aromatic carbocycles. The second kappa shape index (κ2) is 5.41. The molecule has 1 aliphatic carbocycles. The lowest BCUT2D eigenvalue weighted by atomic mass is 9.75. The monoisotopic (exact) mass is 305 g/mol. The summed E-state index contributed by atoms with van der Waals surface area (Å²) in [6.07, 6.45) is 2.98. The fourth-order valence-corrected chi connectivity index (χ4v) is 2.40. The molecule has 2 aromatic rings. The summed E-state index contributed by atoms with van der Waals surface area (Å²) in [6, 6.07) is 7.16. The summed E-state index contributed by atoms with van der Waals surface area (Å²) in [5.74, 6) is 1.88. The zero-order valence-electron chi connectivity index (χ0n) is 11.9. The highest BCUT2D eigenvalue weighted by molar-refractivity contribution is 6.30. The number of benzene rings is 1. The van der Waals surface area contributed by atoms with Gasteiger partial charge in [-0.25, -0.2) is 0 Å². The van der Waals surface area contributed by atoms with Crippen LogP contribution in [0.3, 0.4) is 0 Å². The number of allylic oxidation sites excluding steroid dienone is 2. The topological polar surface area (TPSA) is 60.2 Å². The van der Waals surface area contributed by atoms with Gasteiger partial charge in [-0.3, -0.25) is 0 Å². The van der Waals surface area contributed by atoms with Crippen LogP contribution in [0.4, 0.5) is 0 Å². The second-order valence-electron chi connectivity index (χ2n) is 5.27. The van der Waals surface area contributed by atoms with E-state index in [9.17, 15) is 0 Å². The number of nitrogens with zero attached hydrogens (tertiary/aromatic N) is 2. The number of nitrogens with one attached hydrogen (secondary N) is 1. The fourth-order valence-electron chi connectivity index (χ4n) is 2.27. The van der Waals surface area contributed by atoms with Crippen LogP contribution in [0.25, 0.3) is 0 Å². The van der Waals surface area contributed by atoms with Gasteiger partial charge in [0.1, 0.15) is 5.75 Å². The average molecular weight is 306 g/mol. The van der Waals surface area contributed by atoms with Gasteiger partial charge in [-0.1, -0.05) is 16.8 Å². The van der Waals surface area contributed by atoms with Crippen molar-refractivity contribution in [2.75, 3.05) is 7.05 Å². The Kier molecular flexibility index (Phi) is 3.59. The van der Waals surface area contributed by atoms with E-state index >= 15 is 0 Å². The highest BCUT2D eigenvalue weighted by Crippen LogP contribution is 2.39. The highest BCUT2D eigenvalue weighted by atomic mass is 35.5. The summed E-state index contributed by atoms with van der Waals surface area (Å²) in [4.78, 5) is 4.40. The Bertz CT molecular complexity index is 666. The van der Waals surface area contributed by atoms with Crippen molar-refractivity contribution in [2.24, 2.45) is 0 Å². The van der Waals surface area contributed by atoms with Crippen LogP contribution in [0.2, 0.25) is 5.02 Å². The number of hydrogen-bond acceptors (Lipinski definition) is 5. The third-order valence-corrected chi connectivity index (χ3v) is 3.76. The van der Waals surface area contributed by atoms with Crippen LogP contribution in [-0.4, -0.2) is 17.2 Å². The standard InChI is InChI=1S/C15H16ClN3O2/c1-15(7-11(8-15)17-2)14-18-13(19-21-14)9-20-12-5-3-10(16)4-6-12/h3-7,17H,8-9H2,1-2H3. The van der Waals surface area contributed by atoms with Gasteiger partial charge in [-0.05, 0) is 37.3 Å². The van der Waals surface area contributed by atoms with Crippen molar-refractivity contribution in [3.63, 3.8) is 0 Å². The predicted molar refractivity (Wildman–Crippen MR) is 79.2 cm³/mol. The zero-order chi connectivity index (χ0) is 14.9. The Labute approximate surface area is 127 Å². The highest BCUT2D eigenvalue weighted by Gasteiger charge is 2.38. The lowest BCUT2D eigenvalue weighted by molar-refractivity contribution is 0.277. The van der Waals surface area contributed by atoms with E-state index < -0.39 is 0 Å². The van der Waals surface area contributed by atoms with Crippen molar-refractivity contribution in [2.45, 2.75) is 25.4 Å². The van der Waals surface area contributed by atoms with Crippen LogP contribution in [-0.2, 0) is 12.0 Å². The van der Waals surface area contributed by atoms with Crippen LogP contribution >= 0.6 is 11.6 Å². The molecule has 1 aliphatic rings. The Morgan fingerprint density at radius 3 is 2.76 bits per heavy atom. The molecule has 0 fully saturated rings. The molecule has 1 heterocycles. The molecule has 1 N–H and O–H groups in total. The molecular weight excluding hydrogens is 290 g/mol. The Balaban J connectivity index is 1.63. The lowest BCUT2D eigenvalue weighted by Gasteiger charge is -2.32. The SMILES string of the molecule is CNC1=CC(C)(c2nc(COc3ccc(Cl)cc3)no2)C1. The van der Waals surface area contributed by atoms with Crippen molar-refractivity contribution >= 4 is 11.6 Å². The molecule has 1 atom stereocenters. The van der Waals surface area contributed by atoms with Crippen molar-refractivity contribution in [3.8, 4) is 5.75 Å². The molecule has 0 saturated heterocycles. The maximum absolute atomic E-state index is 5.82. The largest absolute Gasteiger partial charge is 0.485 e. The molecule has 3 rings (SSSR count). The molecule has 0 bridgehead atoms. The third kappa shape index (κ3) is 2.88. The summed E-state index contributed by atoms with van der Waals surface area (Å²) in [5.41, 5.74) is 1.01. The third-order valence-electron chi connectivity index (χ3n) is 3.51. The first-order valence-electron chi connectivity index (χ1n) is 6.70. The first-order valence-corrected chi connectivity index (χ1v) is 7.08. The summed E-state index contributed by atoms with van der Waals surface area (Å²) in [5, 5.41) is 7.76. The Morgan fingerprint density at radius 2 is 2.10 bits per heavy atom. The number of ether oxygens (including phenoxy) is 1. The maximum Gasteiger partial charge on any atom is 0.236 e. The normalized spacial score (nSPS) is 20.6. The maximum atomic E-state index is 5.82. The zero-order valence-corrected chi connectivity index (χ0v) is 12.6. The first kappa shape index (κ1) is 13.9. The quantitative estimate of drug-likeness (QED) is 0.920. The molecule has 1 unspecified atom stereocenters. The van der Waals surface area contributed by atoms with E-state index in [0.717, 1.165) is 12.2 Å². The van der Waals surface area contributed by atoms with Crippen molar-refractivity contribution in [1.29, 1.82) is 0 Å². The fraction of sp³-hybridized carbons (Fsp3) is 0.333. The molecule has 0 spiro atoms. The number of hydrogen-bond donors (Lipinski definition) is 1. The van der Waals surface area contributed by atoms with Crippen molar-refractivity contribution in [1.82, 2.24) is 15.5 Å². The van der Waals surface area contributed by atoms with E-state index in [-0.39, 0.29) is 12.0 Å². The van der Waals surface area contributed by atoms with Gasteiger partial charge in [0.2, 0.25) is 11.7 Å². The van der Waals surface area contributed by atoms with Gasteiger partial charge in [0, 0.05) is 24.2 Å². The molecule has 6 heteroatoms.